The Morgan fingerprint density at radius 1 is 0.941 bits per heavy atom. The van der Waals surface area contributed by atoms with Crippen LogP contribution >= 0.6 is 0 Å². The van der Waals surface area contributed by atoms with E-state index in [4.69, 9.17) is 5.73 Å². The maximum atomic E-state index is 13.9. The van der Waals surface area contributed by atoms with Crippen molar-refractivity contribution in [3.8, 4) is 0 Å². The standard InChI is InChI=1S/C29H31N3O2/c1-19(30)22-11-7-12-23(18-22)29(34)32-26(21-9-3-2-4-10-21)16-17-27(32)28(33)31-25-15-14-20-8-5-6-13-24(20)25/h2-13,18-19,25-27H,14-17,30H2,1H3,(H,31,33)/t19?,25-,26+,27-/m1/s1. The first-order valence-electron chi connectivity index (χ1n) is 12.1. The van der Waals surface area contributed by atoms with Gasteiger partial charge in [-0.3, -0.25) is 9.59 Å². The largest absolute Gasteiger partial charge is 0.347 e. The van der Waals surface area contributed by atoms with E-state index in [9.17, 15) is 9.59 Å². The fourth-order valence-electron chi connectivity index (χ4n) is 5.43. The summed E-state index contributed by atoms with van der Waals surface area (Å²) in [4.78, 5) is 29.2. The van der Waals surface area contributed by atoms with Crippen molar-refractivity contribution in [2.75, 3.05) is 0 Å². The quantitative estimate of drug-likeness (QED) is 0.580. The molecule has 0 aromatic heterocycles. The molecule has 0 spiro atoms. The second-order valence-electron chi connectivity index (χ2n) is 9.44. The summed E-state index contributed by atoms with van der Waals surface area (Å²) in [6, 6.07) is 25.0. The van der Waals surface area contributed by atoms with Crippen LogP contribution in [-0.2, 0) is 11.2 Å². The highest BCUT2D eigenvalue weighted by atomic mass is 16.2. The van der Waals surface area contributed by atoms with Crippen molar-refractivity contribution in [2.24, 2.45) is 5.73 Å². The second kappa shape index (κ2) is 9.43. The number of nitrogens with one attached hydrogen (secondary N) is 1. The molecule has 1 unspecified atom stereocenters. The number of nitrogens with zero attached hydrogens (tertiary/aromatic N) is 1. The van der Waals surface area contributed by atoms with Crippen LogP contribution in [0.15, 0.2) is 78.9 Å². The van der Waals surface area contributed by atoms with Gasteiger partial charge in [0.1, 0.15) is 6.04 Å². The lowest BCUT2D eigenvalue weighted by molar-refractivity contribution is -0.126. The van der Waals surface area contributed by atoms with E-state index < -0.39 is 6.04 Å². The number of aryl methyl sites for hydroxylation is 1. The number of nitrogens with two attached hydrogens (primary N) is 1. The van der Waals surface area contributed by atoms with Gasteiger partial charge in [0.15, 0.2) is 0 Å². The third-order valence-corrected chi connectivity index (χ3v) is 7.22. The van der Waals surface area contributed by atoms with E-state index in [0.29, 0.717) is 12.0 Å². The molecule has 3 aromatic carbocycles. The molecule has 0 bridgehead atoms. The Balaban J connectivity index is 1.44. The summed E-state index contributed by atoms with van der Waals surface area (Å²) in [5.41, 5.74) is 11.1. The SMILES string of the molecule is CC(N)c1cccc(C(=O)N2[C@@H](C(=O)N[C@@H]3CCc4ccccc43)CC[C@H]2c2ccccc2)c1. The molecule has 5 heteroatoms. The van der Waals surface area contributed by atoms with Gasteiger partial charge in [-0.15, -0.1) is 0 Å². The zero-order valence-electron chi connectivity index (χ0n) is 19.5. The van der Waals surface area contributed by atoms with E-state index in [1.54, 1.807) is 4.90 Å². The fraction of sp³-hybridized carbons (Fsp3) is 0.310. The molecule has 0 radical (unpaired) electrons. The summed E-state index contributed by atoms with van der Waals surface area (Å²) in [6.07, 6.45) is 3.25. The summed E-state index contributed by atoms with van der Waals surface area (Å²) in [7, 11) is 0. The average Bonchev–Trinajstić information content (AvgIpc) is 3.49. The summed E-state index contributed by atoms with van der Waals surface area (Å²) in [5.74, 6) is -0.197. The number of fused-ring (bicyclic) bond motifs is 1. The van der Waals surface area contributed by atoms with Gasteiger partial charge in [0.25, 0.3) is 5.91 Å². The Morgan fingerprint density at radius 2 is 1.71 bits per heavy atom. The van der Waals surface area contributed by atoms with Crippen molar-refractivity contribution in [1.82, 2.24) is 10.2 Å². The molecule has 4 atom stereocenters. The van der Waals surface area contributed by atoms with Crippen molar-refractivity contribution < 1.29 is 9.59 Å². The number of hydrogen-bond donors (Lipinski definition) is 2. The van der Waals surface area contributed by atoms with Crippen LogP contribution in [0.25, 0.3) is 0 Å². The van der Waals surface area contributed by atoms with Crippen LogP contribution in [0.4, 0.5) is 0 Å². The van der Waals surface area contributed by atoms with Gasteiger partial charge in [0.2, 0.25) is 5.91 Å². The number of carbonyl (C=O) groups excluding carboxylic acids is 2. The van der Waals surface area contributed by atoms with E-state index in [1.807, 2.05) is 73.7 Å². The Kier molecular flexibility index (Phi) is 6.20. The van der Waals surface area contributed by atoms with Crippen LogP contribution < -0.4 is 11.1 Å². The molecule has 2 amide bonds. The molecule has 1 fully saturated rings. The third kappa shape index (κ3) is 4.24. The highest BCUT2D eigenvalue weighted by molar-refractivity contribution is 5.98. The summed E-state index contributed by atoms with van der Waals surface area (Å²) in [5, 5.41) is 3.26. The molecule has 34 heavy (non-hydrogen) atoms. The minimum absolute atomic E-state index is 0.00200. The van der Waals surface area contributed by atoms with Crippen LogP contribution in [0.5, 0.6) is 0 Å². The van der Waals surface area contributed by atoms with Gasteiger partial charge in [0.05, 0.1) is 12.1 Å². The van der Waals surface area contributed by atoms with Crippen LogP contribution in [0.1, 0.15) is 76.9 Å². The molecule has 2 aliphatic rings. The molecular weight excluding hydrogens is 422 g/mol. The van der Waals surface area contributed by atoms with Gasteiger partial charge in [-0.1, -0.05) is 66.7 Å². The molecule has 5 rings (SSSR count). The summed E-state index contributed by atoms with van der Waals surface area (Å²) in [6.45, 7) is 1.90. The van der Waals surface area contributed by atoms with Crippen LogP contribution in [-0.4, -0.2) is 22.8 Å². The molecule has 3 aromatic rings. The van der Waals surface area contributed by atoms with E-state index in [-0.39, 0.29) is 29.9 Å². The molecule has 3 N–H and O–H groups in total. The Hall–Kier alpha value is -3.44. The molecule has 1 heterocycles. The van der Waals surface area contributed by atoms with E-state index in [0.717, 1.165) is 30.4 Å². The summed E-state index contributed by atoms with van der Waals surface area (Å²) < 4.78 is 0. The van der Waals surface area contributed by atoms with Crippen molar-refractivity contribution in [2.45, 2.75) is 56.8 Å². The minimum atomic E-state index is -0.510. The second-order valence-corrected chi connectivity index (χ2v) is 9.44. The highest BCUT2D eigenvalue weighted by Gasteiger charge is 2.42. The van der Waals surface area contributed by atoms with Gasteiger partial charge in [-0.25, -0.2) is 0 Å². The molecule has 1 saturated heterocycles. The van der Waals surface area contributed by atoms with Crippen molar-refractivity contribution in [3.63, 3.8) is 0 Å². The highest BCUT2D eigenvalue weighted by Crippen LogP contribution is 2.38. The van der Waals surface area contributed by atoms with E-state index >= 15 is 0 Å². The Morgan fingerprint density at radius 3 is 2.50 bits per heavy atom. The Labute approximate surface area is 201 Å². The molecule has 5 nitrogen and oxygen atoms in total. The zero-order valence-corrected chi connectivity index (χ0v) is 19.5. The predicted molar refractivity (Wildman–Crippen MR) is 133 cm³/mol. The lowest BCUT2D eigenvalue weighted by Crippen LogP contribution is -2.47. The maximum absolute atomic E-state index is 13.9. The fourth-order valence-corrected chi connectivity index (χ4v) is 5.43. The first-order valence-corrected chi connectivity index (χ1v) is 12.1. The number of amides is 2. The van der Waals surface area contributed by atoms with Gasteiger partial charge in [-0.2, -0.15) is 0 Å². The first kappa shape index (κ1) is 22.4. The molecule has 1 aliphatic carbocycles. The summed E-state index contributed by atoms with van der Waals surface area (Å²) >= 11 is 0. The zero-order chi connectivity index (χ0) is 23.7. The molecular formula is C29H31N3O2. The Bertz CT molecular complexity index is 1190. The van der Waals surface area contributed by atoms with Crippen molar-refractivity contribution in [1.29, 1.82) is 0 Å². The predicted octanol–water partition coefficient (Wildman–Crippen LogP) is 4.86. The van der Waals surface area contributed by atoms with Gasteiger partial charge < -0.3 is 16.0 Å². The lowest BCUT2D eigenvalue weighted by atomic mass is 10.0. The number of likely N-dealkylation sites (tertiary alicyclic amines) is 1. The smallest absolute Gasteiger partial charge is 0.255 e. The monoisotopic (exact) mass is 453 g/mol. The minimum Gasteiger partial charge on any atom is -0.347 e. The van der Waals surface area contributed by atoms with Gasteiger partial charge in [0, 0.05) is 11.6 Å². The van der Waals surface area contributed by atoms with Crippen LogP contribution in [0.3, 0.4) is 0 Å². The maximum Gasteiger partial charge on any atom is 0.255 e. The molecule has 0 saturated carbocycles. The lowest BCUT2D eigenvalue weighted by Gasteiger charge is -2.31. The average molecular weight is 454 g/mol. The number of hydrogen-bond acceptors (Lipinski definition) is 3. The van der Waals surface area contributed by atoms with Crippen molar-refractivity contribution in [3.05, 3.63) is 107 Å². The molecule has 1 aliphatic heterocycles. The number of carbonyl (C=O) groups is 2. The van der Waals surface area contributed by atoms with Crippen molar-refractivity contribution >= 4 is 11.8 Å². The van der Waals surface area contributed by atoms with Crippen LogP contribution in [0, 0.1) is 0 Å². The van der Waals surface area contributed by atoms with Gasteiger partial charge in [-0.05, 0) is 67.0 Å². The normalized spacial score (nSPS) is 22.3. The number of rotatable bonds is 5. The topological polar surface area (TPSA) is 75.4 Å². The van der Waals surface area contributed by atoms with Crippen LogP contribution in [0.2, 0.25) is 0 Å². The number of benzene rings is 3. The van der Waals surface area contributed by atoms with E-state index in [1.165, 1.54) is 11.1 Å². The first-order chi connectivity index (χ1) is 16.5. The van der Waals surface area contributed by atoms with E-state index in [2.05, 4.69) is 17.4 Å². The molecule has 174 valence electrons. The van der Waals surface area contributed by atoms with Gasteiger partial charge >= 0.3 is 0 Å². The third-order valence-electron chi connectivity index (χ3n) is 7.22.